The van der Waals surface area contributed by atoms with E-state index in [1.54, 1.807) is 0 Å². The molecular weight excluding hydrogens is 440 g/mol. The third-order valence-corrected chi connectivity index (χ3v) is 10.7. The average molecular weight is 481 g/mol. The molecule has 0 amide bonds. The van der Waals surface area contributed by atoms with Crippen LogP contribution in [0.15, 0.2) is 12.2 Å². The van der Waals surface area contributed by atoms with Gasteiger partial charge in [-0.05, 0) is 86.5 Å². The molecule has 0 aromatic rings. The summed E-state index contributed by atoms with van der Waals surface area (Å²) >= 11 is 0. The second kappa shape index (κ2) is 7.98. The van der Waals surface area contributed by atoms with E-state index < -0.39 is 54.3 Å². The number of carbonyl (C=O) groups is 1. The van der Waals surface area contributed by atoms with Crippen molar-refractivity contribution in [2.75, 3.05) is 6.61 Å². The smallest absolute Gasteiger partial charge is 0.314 e. The van der Waals surface area contributed by atoms with Gasteiger partial charge in [-0.1, -0.05) is 19.9 Å². The molecule has 0 radical (unpaired) electrons. The highest BCUT2D eigenvalue weighted by atomic mass is 16.7. The lowest BCUT2D eigenvalue weighted by Crippen LogP contribution is -2.62. The van der Waals surface area contributed by atoms with Crippen LogP contribution in [0.25, 0.3) is 0 Å². The van der Waals surface area contributed by atoms with Crippen LogP contribution in [0.1, 0.15) is 71.6 Å². The lowest BCUT2D eigenvalue weighted by Gasteiger charge is -2.63. The van der Waals surface area contributed by atoms with Crippen molar-refractivity contribution in [3.8, 4) is 0 Å². The molecule has 5 rings (SSSR count). The summed E-state index contributed by atoms with van der Waals surface area (Å²) in [5.41, 5.74) is -0.575. The molecule has 2 bridgehead atoms. The zero-order valence-electron chi connectivity index (χ0n) is 20.3. The number of ether oxygens (including phenoxy) is 2. The molecule has 0 aromatic heterocycles. The minimum absolute atomic E-state index is 0.0504. The minimum atomic E-state index is -1.60. The van der Waals surface area contributed by atoms with E-state index >= 15 is 0 Å². The Balaban J connectivity index is 1.39. The zero-order chi connectivity index (χ0) is 24.7. The second-order valence-electron chi connectivity index (χ2n) is 12.4. The Kier molecular flexibility index (Phi) is 5.79. The van der Waals surface area contributed by atoms with Crippen molar-refractivity contribution in [2.45, 2.75) is 108 Å². The molecule has 5 aliphatic rings. The van der Waals surface area contributed by atoms with Crippen molar-refractivity contribution in [1.29, 1.82) is 0 Å². The third-order valence-electron chi connectivity index (χ3n) is 10.7. The van der Waals surface area contributed by atoms with Crippen molar-refractivity contribution < 1.29 is 39.8 Å². The summed E-state index contributed by atoms with van der Waals surface area (Å²) < 4.78 is 11.1. The molecule has 4 saturated carbocycles. The van der Waals surface area contributed by atoms with E-state index in [1.807, 2.05) is 6.92 Å². The Morgan fingerprint density at radius 3 is 2.47 bits per heavy atom. The predicted octanol–water partition coefficient (Wildman–Crippen LogP) is 1.41. The maximum absolute atomic E-state index is 13.7. The van der Waals surface area contributed by atoms with E-state index in [0.29, 0.717) is 12.3 Å². The molecule has 192 valence electrons. The first-order chi connectivity index (χ1) is 15.9. The summed E-state index contributed by atoms with van der Waals surface area (Å²) in [6.07, 6.45) is 0.422. The Morgan fingerprint density at radius 2 is 1.76 bits per heavy atom. The third kappa shape index (κ3) is 3.29. The fourth-order valence-corrected chi connectivity index (χ4v) is 9.00. The van der Waals surface area contributed by atoms with Crippen LogP contribution < -0.4 is 0 Å². The quantitative estimate of drug-likeness (QED) is 0.302. The Bertz CT molecular complexity index is 860. The molecule has 4 aliphatic carbocycles. The van der Waals surface area contributed by atoms with Crippen LogP contribution in [0.5, 0.6) is 0 Å². The molecule has 1 saturated heterocycles. The topological polar surface area (TPSA) is 137 Å². The Morgan fingerprint density at radius 1 is 1.06 bits per heavy atom. The highest BCUT2D eigenvalue weighted by Crippen LogP contribution is 2.73. The van der Waals surface area contributed by atoms with Gasteiger partial charge in [0.1, 0.15) is 24.4 Å². The number of aliphatic hydroxyl groups is 5. The summed E-state index contributed by atoms with van der Waals surface area (Å²) in [6, 6.07) is 0. The standard InChI is InChI=1S/C26H40O8/c1-14-11-25-9-5-16-23(2,17(25)6-10-26(14,32)13-25)7-4-8-24(16,3)22(31)34-21-20(30)19(29)18(28)15(12-27)33-21/h15-21,27-30,32H,1,4-13H2,2-3H3/t15-,16+,17+,18-,19+,20-,21+,23-,24-,25-,26+/m1/s1. The minimum Gasteiger partial charge on any atom is -0.432 e. The van der Waals surface area contributed by atoms with Gasteiger partial charge < -0.3 is 35.0 Å². The summed E-state index contributed by atoms with van der Waals surface area (Å²) in [7, 11) is 0. The normalized spacial score (nSPS) is 54.8. The maximum Gasteiger partial charge on any atom is 0.314 e. The van der Waals surface area contributed by atoms with Gasteiger partial charge >= 0.3 is 5.97 Å². The van der Waals surface area contributed by atoms with Crippen LogP contribution in [-0.2, 0) is 14.3 Å². The number of esters is 1. The number of aliphatic hydroxyl groups excluding tert-OH is 4. The van der Waals surface area contributed by atoms with Crippen molar-refractivity contribution in [3.05, 3.63) is 12.2 Å². The molecular formula is C26H40O8. The van der Waals surface area contributed by atoms with Gasteiger partial charge in [0, 0.05) is 0 Å². The van der Waals surface area contributed by atoms with Gasteiger partial charge in [-0.25, -0.2) is 0 Å². The molecule has 5 N–H and O–H groups in total. The van der Waals surface area contributed by atoms with Crippen LogP contribution in [0.2, 0.25) is 0 Å². The molecule has 1 heterocycles. The highest BCUT2D eigenvalue weighted by Gasteiger charge is 2.68. The Hall–Kier alpha value is -1.03. The first-order valence-electron chi connectivity index (χ1n) is 12.8. The zero-order valence-corrected chi connectivity index (χ0v) is 20.3. The summed E-state index contributed by atoms with van der Waals surface area (Å²) in [5, 5.41) is 51.1. The van der Waals surface area contributed by atoms with Crippen LogP contribution >= 0.6 is 0 Å². The largest absolute Gasteiger partial charge is 0.432 e. The summed E-state index contributed by atoms with van der Waals surface area (Å²) in [6.45, 7) is 7.91. The summed E-state index contributed by atoms with van der Waals surface area (Å²) in [5.74, 6) is 0.0200. The molecule has 1 aliphatic heterocycles. The van der Waals surface area contributed by atoms with Gasteiger partial charge in [-0.3, -0.25) is 4.79 Å². The van der Waals surface area contributed by atoms with Gasteiger partial charge in [0.05, 0.1) is 17.6 Å². The van der Waals surface area contributed by atoms with Crippen molar-refractivity contribution in [2.24, 2.45) is 28.1 Å². The van der Waals surface area contributed by atoms with E-state index in [9.17, 15) is 30.3 Å². The molecule has 11 atom stereocenters. The van der Waals surface area contributed by atoms with Crippen LogP contribution in [-0.4, -0.2) is 74.4 Å². The average Bonchev–Trinajstić information content (AvgIpc) is 2.96. The Labute approximate surface area is 201 Å². The van der Waals surface area contributed by atoms with Gasteiger partial charge in [-0.15, -0.1) is 0 Å². The van der Waals surface area contributed by atoms with E-state index in [0.717, 1.165) is 56.9 Å². The van der Waals surface area contributed by atoms with Gasteiger partial charge in [0.15, 0.2) is 0 Å². The SMILES string of the molecule is C=C1C[C@@]23CC[C@H]4[C@@](C)(CCC[C@@]4(C)C(=O)O[C@@H]4O[C@H](CO)[C@@H](O)[C@H](O)[C@H]4O)[C@@H]2CC[C@]1(O)C3. The lowest BCUT2D eigenvalue weighted by atomic mass is 9.41. The molecule has 0 unspecified atom stereocenters. The number of rotatable bonds is 3. The summed E-state index contributed by atoms with van der Waals surface area (Å²) in [4.78, 5) is 13.7. The van der Waals surface area contributed by atoms with Crippen molar-refractivity contribution in [3.63, 3.8) is 0 Å². The molecule has 8 heteroatoms. The first kappa shape index (κ1) is 24.7. The maximum atomic E-state index is 13.7. The lowest BCUT2D eigenvalue weighted by molar-refractivity contribution is -0.298. The van der Waals surface area contributed by atoms with Crippen LogP contribution in [0.3, 0.4) is 0 Å². The number of carbonyl (C=O) groups excluding carboxylic acids is 1. The molecule has 1 spiro atoms. The van der Waals surface area contributed by atoms with E-state index in [2.05, 4.69) is 13.5 Å². The highest BCUT2D eigenvalue weighted by molar-refractivity contribution is 5.77. The van der Waals surface area contributed by atoms with Gasteiger partial charge in [0.2, 0.25) is 6.29 Å². The fourth-order valence-electron chi connectivity index (χ4n) is 9.00. The predicted molar refractivity (Wildman–Crippen MR) is 121 cm³/mol. The van der Waals surface area contributed by atoms with Crippen LogP contribution in [0, 0.1) is 28.1 Å². The molecule has 0 aromatic carbocycles. The van der Waals surface area contributed by atoms with Crippen molar-refractivity contribution >= 4 is 5.97 Å². The second-order valence-corrected chi connectivity index (χ2v) is 12.4. The monoisotopic (exact) mass is 480 g/mol. The van der Waals surface area contributed by atoms with E-state index in [4.69, 9.17) is 9.47 Å². The van der Waals surface area contributed by atoms with Crippen molar-refractivity contribution in [1.82, 2.24) is 0 Å². The van der Waals surface area contributed by atoms with Gasteiger partial charge in [0.25, 0.3) is 0 Å². The number of fused-ring (bicyclic) bond motifs is 3. The first-order valence-corrected chi connectivity index (χ1v) is 12.8. The fraction of sp³-hybridized carbons (Fsp3) is 0.885. The van der Waals surface area contributed by atoms with Crippen LogP contribution in [0.4, 0.5) is 0 Å². The van der Waals surface area contributed by atoms with Gasteiger partial charge in [-0.2, -0.15) is 0 Å². The molecule has 5 fully saturated rings. The number of hydrogen-bond acceptors (Lipinski definition) is 8. The molecule has 34 heavy (non-hydrogen) atoms. The van der Waals surface area contributed by atoms with E-state index in [-0.39, 0.29) is 16.7 Å². The molecule has 8 nitrogen and oxygen atoms in total. The number of hydrogen-bond donors (Lipinski definition) is 5. The van der Waals surface area contributed by atoms with E-state index in [1.165, 1.54) is 0 Å².